The van der Waals surface area contributed by atoms with Gasteiger partial charge in [0, 0.05) is 18.7 Å². The molecule has 0 aliphatic rings. The van der Waals surface area contributed by atoms with Crippen LogP contribution in [0.3, 0.4) is 0 Å². The number of hydrogen-bond acceptors (Lipinski definition) is 1. The highest BCUT2D eigenvalue weighted by Crippen LogP contribution is 2.13. The largest absolute Gasteiger partial charge is 0.339 e. The van der Waals surface area contributed by atoms with E-state index in [0.29, 0.717) is 13.1 Å². The van der Waals surface area contributed by atoms with Crippen LogP contribution in [0.15, 0.2) is 18.2 Å². The normalized spacial score (nSPS) is 10.8. The number of unbranched alkanes of at least 4 members (excludes halogenated alkanes) is 6. The molecule has 130 valence electrons. The third-order valence-corrected chi connectivity index (χ3v) is 4.02. The van der Waals surface area contributed by atoms with Gasteiger partial charge in [0.1, 0.15) is 0 Å². The van der Waals surface area contributed by atoms with Gasteiger partial charge in [-0.2, -0.15) is 0 Å². The maximum atomic E-state index is 13.4. The smallest absolute Gasteiger partial charge is 0.253 e. The van der Waals surface area contributed by atoms with Gasteiger partial charge in [-0.15, -0.1) is 0 Å². The topological polar surface area (TPSA) is 20.3 Å². The molecule has 2 nitrogen and oxygen atoms in total. The molecule has 0 atom stereocenters. The summed E-state index contributed by atoms with van der Waals surface area (Å²) in [6.07, 6.45) is 8.70. The maximum absolute atomic E-state index is 13.4. The van der Waals surface area contributed by atoms with Crippen LogP contribution in [-0.2, 0) is 0 Å². The number of rotatable bonds is 11. The Morgan fingerprint density at radius 2 is 1.43 bits per heavy atom. The average molecular weight is 325 g/mol. The van der Waals surface area contributed by atoms with Crippen LogP contribution in [0.4, 0.5) is 8.78 Å². The zero-order valence-electron chi connectivity index (χ0n) is 14.4. The maximum Gasteiger partial charge on any atom is 0.253 e. The van der Waals surface area contributed by atoms with Crippen molar-refractivity contribution >= 4 is 5.91 Å². The number of halogens is 2. The van der Waals surface area contributed by atoms with Gasteiger partial charge in [0.15, 0.2) is 11.6 Å². The number of nitrogens with zero attached hydrogens (tertiary/aromatic N) is 1. The molecule has 0 N–H and O–H groups in total. The summed E-state index contributed by atoms with van der Waals surface area (Å²) in [5, 5.41) is 0. The van der Waals surface area contributed by atoms with Crippen LogP contribution in [0, 0.1) is 11.6 Å². The lowest BCUT2D eigenvalue weighted by Gasteiger charge is -2.23. The van der Waals surface area contributed by atoms with Gasteiger partial charge >= 0.3 is 0 Å². The average Bonchev–Trinajstić information content (AvgIpc) is 2.55. The summed E-state index contributed by atoms with van der Waals surface area (Å²) in [4.78, 5) is 14.4. The first kappa shape index (κ1) is 19.6. The van der Waals surface area contributed by atoms with E-state index in [2.05, 4.69) is 13.8 Å². The van der Waals surface area contributed by atoms with Crippen molar-refractivity contribution in [3.63, 3.8) is 0 Å². The first-order chi connectivity index (χ1) is 11.1. The second-order valence-corrected chi connectivity index (χ2v) is 6.04. The number of benzene rings is 1. The van der Waals surface area contributed by atoms with Gasteiger partial charge in [-0.3, -0.25) is 4.79 Å². The first-order valence-corrected chi connectivity index (χ1v) is 8.84. The van der Waals surface area contributed by atoms with Gasteiger partial charge in [-0.1, -0.05) is 52.4 Å². The molecule has 0 fully saturated rings. The molecule has 0 aliphatic heterocycles. The number of hydrogen-bond donors (Lipinski definition) is 0. The Morgan fingerprint density at radius 1 is 0.870 bits per heavy atom. The molecule has 23 heavy (non-hydrogen) atoms. The minimum atomic E-state index is -0.965. The van der Waals surface area contributed by atoms with Gasteiger partial charge in [-0.25, -0.2) is 8.78 Å². The number of carbonyl (C=O) groups excluding carboxylic acids is 1. The molecule has 0 saturated heterocycles. The molecular formula is C19H29F2NO. The van der Waals surface area contributed by atoms with Gasteiger partial charge in [0.25, 0.3) is 5.91 Å². The molecule has 0 unspecified atom stereocenters. The minimum Gasteiger partial charge on any atom is -0.339 e. The Bertz CT molecular complexity index is 464. The van der Waals surface area contributed by atoms with Crippen LogP contribution < -0.4 is 0 Å². The second-order valence-electron chi connectivity index (χ2n) is 6.04. The first-order valence-electron chi connectivity index (χ1n) is 8.84. The predicted octanol–water partition coefficient (Wildman–Crippen LogP) is 5.57. The monoisotopic (exact) mass is 325 g/mol. The van der Waals surface area contributed by atoms with Crippen molar-refractivity contribution in [1.82, 2.24) is 4.90 Å². The SMILES string of the molecule is CCCCCCN(CCCCCC)C(=O)c1ccc(F)c(F)c1. The molecule has 0 bridgehead atoms. The van der Waals surface area contributed by atoms with E-state index in [-0.39, 0.29) is 11.5 Å². The van der Waals surface area contributed by atoms with Crippen molar-refractivity contribution in [2.24, 2.45) is 0 Å². The van der Waals surface area contributed by atoms with Crippen molar-refractivity contribution in [3.05, 3.63) is 35.4 Å². The Morgan fingerprint density at radius 3 is 1.91 bits per heavy atom. The zero-order valence-corrected chi connectivity index (χ0v) is 14.4. The van der Waals surface area contributed by atoms with Crippen LogP contribution >= 0.6 is 0 Å². The summed E-state index contributed by atoms with van der Waals surface area (Å²) >= 11 is 0. The number of carbonyl (C=O) groups is 1. The molecule has 0 spiro atoms. The summed E-state index contributed by atoms with van der Waals surface area (Å²) in [6, 6.07) is 3.39. The fourth-order valence-corrected chi connectivity index (χ4v) is 2.59. The number of amides is 1. The lowest BCUT2D eigenvalue weighted by atomic mass is 10.1. The van der Waals surface area contributed by atoms with Gasteiger partial charge < -0.3 is 4.90 Å². The summed E-state index contributed by atoms with van der Waals surface area (Å²) in [6.45, 7) is 5.66. The molecule has 1 rings (SSSR count). The van der Waals surface area contributed by atoms with E-state index in [1.807, 2.05) is 0 Å². The van der Waals surface area contributed by atoms with Crippen LogP contribution in [0.1, 0.15) is 75.6 Å². The molecular weight excluding hydrogens is 296 g/mol. The fraction of sp³-hybridized carbons (Fsp3) is 0.632. The lowest BCUT2D eigenvalue weighted by molar-refractivity contribution is 0.0748. The molecule has 0 aliphatic carbocycles. The van der Waals surface area contributed by atoms with Crippen LogP contribution in [0.5, 0.6) is 0 Å². The highest BCUT2D eigenvalue weighted by Gasteiger charge is 2.16. The van der Waals surface area contributed by atoms with Crippen molar-refractivity contribution in [1.29, 1.82) is 0 Å². The molecule has 0 aromatic heterocycles. The Kier molecular flexibility index (Phi) is 9.49. The minimum absolute atomic E-state index is 0.197. The van der Waals surface area contributed by atoms with Crippen molar-refractivity contribution < 1.29 is 13.6 Å². The standard InChI is InChI=1S/C19H29F2NO/c1-3-5-7-9-13-22(14-10-8-6-4-2)19(23)16-11-12-17(20)18(21)15-16/h11-12,15H,3-10,13-14H2,1-2H3. The third-order valence-electron chi connectivity index (χ3n) is 4.02. The summed E-state index contributed by atoms with van der Waals surface area (Å²) in [5.74, 6) is -2.08. The summed E-state index contributed by atoms with van der Waals surface area (Å²) in [7, 11) is 0. The molecule has 1 aromatic carbocycles. The van der Waals surface area contributed by atoms with E-state index in [0.717, 1.165) is 63.5 Å². The van der Waals surface area contributed by atoms with Crippen molar-refractivity contribution in [2.45, 2.75) is 65.2 Å². The lowest BCUT2D eigenvalue weighted by Crippen LogP contribution is -2.33. The zero-order chi connectivity index (χ0) is 17.1. The van der Waals surface area contributed by atoms with Gasteiger partial charge in [0.05, 0.1) is 0 Å². The van der Waals surface area contributed by atoms with E-state index >= 15 is 0 Å². The molecule has 1 aromatic rings. The van der Waals surface area contributed by atoms with Gasteiger partial charge in [-0.05, 0) is 31.0 Å². The van der Waals surface area contributed by atoms with Crippen LogP contribution in [-0.4, -0.2) is 23.9 Å². The Hall–Kier alpha value is -1.45. The van der Waals surface area contributed by atoms with Gasteiger partial charge in [0.2, 0.25) is 0 Å². The van der Waals surface area contributed by atoms with E-state index in [4.69, 9.17) is 0 Å². The highest BCUT2D eigenvalue weighted by molar-refractivity contribution is 5.94. The quantitative estimate of drug-likeness (QED) is 0.487. The summed E-state index contributed by atoms with van der Waals surface area (Å²) in [5.41, 5.74) is 0.231. The third kappa shape index (κ3) is 7.10. The van der Waals surface area contributed by atoms with E-state index in [9.17, 15) is 13.6 Å². The highest BCUT2D eigenvalue weighted by atomic mass is 19.2. The fourth-order valence-electron chi connectivity index (χ4n) is 2.59. The molecule has 0 saturated carbocycles. The van der Waals surface area contributed by atoms with Crippen molar-refractivity contribution in [3.8, 4) is 0 Å². The predicted molar refractivity (Wildman–Crippen MR) is 90.5 cm³/mol. The van der Waals surface area contributed by atoms with E-state index in [1.54, 1.807) is 4.90 Å². The Labute approximate surface area is 138 Å². The van der Waals surface area contributed by atoms with E-state index < -0.39 is 11.6 Å². The summed E-state index contributed by atoms with van der Waals surface area (Å²) < 4.78 is 26.4. The molecule has 1 amide bonds. The van der Waals surface area contributed by atoms with Crippen molar-refractivity contribution in [2.75, 3.05) is 13.1 Å². The van der Waals surface area contributed by atoms with Crippen LogP contribution in [0.25, 0.3) is 0 Å². The second kappa shape index (κ2) is 11.1. The molecule has 0 heterocycles. The molecule has 0 radical (unpaired) electrons. The van der Waals surface area contributed by atoms with E-state index in [1.165, 1.54) is 6.07 Å². The van der Waals surface area contributed by atoms with Crippen LogP contribution in [0.2, 0.25) is 0 Å². The Balaban J connectivity index is 2.66. The molecule has 4 heteroatoms.